The monoisotopic (exact) mass is 284 g/mol. The molecule has 0 aromatic heterocycles. The minimum Gasteiger partial charge on any atom is -0.389 e. The molecular weight excluding hydrogens is 260 g/mol. The zero-order valence-electron chi connectivity index (χ0n) is 13.0. The van der Waals surface area contributed by atoms with E-state index in [1.54, 1.807) is 0 Å². The van der Waals surface area contributed by atoms with Gasteiger partial charge in [-0.05, 0) is 73.7 Å². The highest BCUT2D eigenvalue weighted by molar-refractivity contribution is 5.93. The Bertz CT molecular complexity index is 605. The number of ketones is 1. The highest BCUT2D eigenvalue weighted by Gasteiger charge is 2.56. The summed E-state index contributed by atoms with van der Waals surface area (Å²) in [6.07, 6.45) is 12.2. The third kappa shape index (κ3) is 1.72. The van der Waals surface area contributed by atoms with Crippen molar-refractivity contribution >= 4 is 5.78 Å². The Balaban J connectivity index is 1.83. The van der Waals surface area contributed by atoms with Crippen LogP contribution >= 0.6 is 0 Å². The van der Waals surface area contributed by atoms with Crippen molar-refractivity contribution in [1.82, 2.24) is 0 Å². The fourth-order valence-electron chi connectivity index (χ4n) is 5.24. The molecule has 4 aliphatic rings. The molecule has 4 aliphatic carbocycles. The first-order chi connectivity index (χ1) is 9.92. The summed E-state index contributed by atoms with van der Waals surface area (Å²) in [6, 6.07) is 0. The second-order valence-corrected chi connectivity index (χ2v) is 7.75. The molecule has 21 heavy (non-hydrogen) atoms. The maximum atomic E-state index is 11.6. The van der Waals surface area contributed by atoms with Crippen LogP contribution in [0.2, 0.25) is 0 Å². The minimum atomic E-state index is -0.580. The van der Waals surface area contributed by atoms with Crippen molar-refractivity contribution in [3.05, 3.63) is 34.9 Å². The molecule has 4 atom stereocenters. The molecular formula is C19H24O2. The van der Waals surface area contributed by atoms with Gasteiger partial charge < -0.3 is 5.11 Å². The first-order valence-corrected chi connectivity index (χ1v) is 8.31. The molecule has 0 unspecified atom stereocenters. The molecule has 0 bridgehead atoms. The molecule has 1 N–H and O–H groups in total. The molecule has 1 fully saturated rings. The Morgan fingerprint density at radius 3 is 2.81 bits per heavy atom. The van der Waals surface area contributed by atoms with E-state index in [1.165, 1.54) is 16.7 Å². The standard InChI is InChI=1S/C19H24O2/c1-18-9-7-15-14-6-4-13(20)11-12(14)3-5-16(15)17(18)8-10-19(18,2)21/h7,9,11,16-17,21H,3-6,8,10H2,1-2H3/t16-,17+,18+,19+/m0/s1. The Labute approximate surface area is 126 Å². The van der Waals surface area contributed by atoms with E-state index in [1.807, 2.05) is 13.0 Å². The van der Waals surface area contributed by atoms with E-state index in [-0.39, 0.29) is 5.41 Å². The van der Waals surface area contributed by atoms with Gasteiger partial charge in [0.15, 0.2) is 5.78 Å². The van der Waals surface area contributed by atoms with Crippen LogP contribution in [0, 0.1) is 17.3 Å². The van der Waals surface area contributed by atoms with Crippen molar-refractivity contribution in [3.63, 3.8) is 0 Å². The molecule has 0 amide bonds. The maximum absolute atomic E-state index is 11.6. The van der Waals surface area contributed by atoms with Crippen molar-refractivity contribution < 1.29 is 9.90 Å². The quantitative estimate of drug-likeness (QED) is 0.736. The zero-order valence-corrected chi connectivity index (χ0v) is 13.0. The lowest BCUT2D eigenvalue weighted by molar-refractivity contribution is -0.114. The van der Waals surface area contributed by atoms with E-state index in [9.17, 15) is 9.90 Å². The van der Waals surface area contributed by atoms with Gasteiger partial charge >= 0.3 is 0 Å². The lowest BCUT2D eigenvalue weighted by atomic mass is 9.58. The largest absolute Gasteiger partial charge is 0.389 e. The molecule has 4 rings (SSSR count). The Morgan fingerprint density at radius 2 is 2.00 bits per heavy atom. The topological polar surface area (TPSA) is 37.3 Å². The summed E-state index contributed by atoms with van der Waals surface area (Å²) < 4.78 is 0. The molecule has 1 saturated carbocycles. The molecule has 0 aromatic carbocycles. The van der Waals surface area contributed by atoms with Gasteiger partial charge in [0.1, 0.15) is 0 Å². The number of carbonyl (C=O) groups excluding carboxylic acids is 1. The number of carbonyl (C=O) groups is 1. The maximum Gasteiger partial charge on any atom is 0.156 e. The molecule has 0 saturated heterocycles. The fraction of sp³-hybridized carbons (Fsp3) is 0.632. The van der Waals surface area contributed by atoms with E-state index in [2.05, 4.69) is 19.1 Å². The first-order valence-electron chi connectivity index (χ1n) is 8.31. The van der Waals surface area contributed by atoms with E-state index in [0.29, 0.717) is 24.0 Å². The van der Waals surface area contributed by atoms with Crippen LogP contribution in [0.4, 0.5) is 0 Å². The van der Waals surface area contributed by atoms with Crippen LogP contribution in [0.25, 0.3) is 0 Å². The number of allylic oxidation sites excluding steroid dienone is 5. The molecule has 112 valence electrons. The van der Waals surface area contributed by atoms with Crippen LogP contribution in [0.5, 0.6) is 0 Å². The van der Waals surface area contributed by atoms with Crippen LogP contribution in [0.1, 0.15) is 52.4 Å². The van der Waals surface area contributed by atoms with Crippen LogP contribution in [-0.2, 0) is 4.79 Å². The molecule has 0 spiro atoms. The normalized spacial score (nSPS) is 45.1. The second kappa shape index (κ2) is 4.19. The smallest absolute Gasteiger partial charge is 0.156 e. The predicted molar refractivity (Wildman–Crippen MR) is 82.7 cm³/mol. The van der Waals surface area contributed by atoms with Crippen molar-refractivity contribution in [1.29, 1.82) is 0 Å². The van der Waals surface area contributed by atoms with Crippen LogP contribution in [0.15, 0.2) is 34.9 Å². The van der Waals surface area contributed by atoms with E-state index < -0.39 is 5.60 Å². The summed E-state index contributed by atoms with van der Waals surface area (Å²) in [4.78, 5) is 11.6. The van der Waals surface area contributed by atoms with Gasteiger partial charge in [0.2, 0.25) is 0 Å². The number of aliphatic hydroxyl groups is 1. The molecule has 0 aromatic rings. The fourth-order valence-corrected chi connectivity index (χ4v) is 5.24. The summed E-state index contributed by atoms with van der Waals surface area (Å²) in [5, 5.41) is 10.8. The second-order valence-electron chi connectivity index (χ2n) is 7.75. The third-order valence-corrected chi connectivity index (χ3v) is 6.78. The van der Waals surface area contributed by atoms with E-state index >= 15 is 0 Å². The van der Waals surface area contributed by atoms with Crippen molar-refractivity contribution in [2.45, 2.75) is 58.0 Å². The van der Waals surface area contributed by atoms with Crippen molar-refractivity contribution in [2.75, 3.05) is 0 Å². The van der Waals surface area contributed by atoms with Gasteiger partial charge in [-0.15, -0.1) is 0 Å². The van der Waals surface area contributed by atoms with Gasteiger partial charge in [-0.1, -0.05) is 19.1 Å². The number of rotatable bonds is 0. The van der Waals surface area contributed by atoms with Crippen LogP contribution < -0.4 is 0 Å². The van der Waals surface area contributed by atoms with Crippen molar-refractivity contribution in [2.24, 2.45) is 17.3 Å². The number of hydrogen-bond donors (Lipinski definition) is 1. The van der Waals surface area contributed by atoms with Gasteiger partial charge in [-0.3, -0.25) is 4.79 Å². The summed E-state index contributed by atoms with van der Waals surface area (Å²) in [6.45, 7) is 4.24. The summed E-state index contributed by atoms with van der Waals surface area (Å²) in [7, 11) is 0. The Kier molecular flexibility index (Phi) is 2.70. The number of hydrogen-bond acceptors (Lipinski definition) is 2. The minimum absolute atomic E-state index is 0.0899. The third-order valence-electron chi connectivity index (χ3n) is 6.78. The van der Waals surface area contributed by atoms with Gasteiger partial charge in [0.05, 0.1) is 5.60 Å². The van der Waals surface area contributed by atoms with Crippen LogP contribution in [-0.4, -0.2) is 16.5 Å². The Hall–Kier alpha value is -1.15. The molecule has 2 nitrogen and oxygen atoms in total. The average molecular weight is 284 g/mol. The summed E-state index contributed by atoms with van der Waals surface area (Å²) in [5.41, 5.74) is 3.53. The number of fused-ring (bicyclic) bond motifs is 4. The zero-order chi connectivity index (χ0) is 14.8. The van der Waals surface area contributed by atoms with E-state index in [0.717, 1.165) is 32.1 Å². The predicted octanol–water partition coefficient (Wildman–Crippen LogP) is 3.72. The molecule has 0 radical (unpaired) electrons. The summed E-state index contributed by atoms with van der Waals surface area (Å²) >= 11 is 0. The lowest BCUT2D eigenvalue weighted by Gasteiger charge is -2.47. The van der Waals surface area contributed by atoms with Gasteiger partial charge in [-0.2, -0.15) is 0 Å². The highest BCUT2D eigenvalue weighted by Crippen LogP contribution is 2.60. The molecule has 2 heteroatoms. The van der Waals surface area contributed by atoms with Gasteiger partial charge in [0.25, 0.3) is 0 Å². The lowest BCUT2D eigenvalue weighted by Crippen LogP contribution is -2.45. The molecule has 0 aliphatic heterocycles. The molecule has 0 heterocycles. The van der Waals surface area contributed by atoms with E-state index in [4.69, 9.17) is 0 Å². The van der Waals surface area contributed by atoms with Crippen LogP contribution in [0.3, 0.4) is 0 Å². The first kappa shape index (κ1) is 13.5. The van der Waals surface area contributed by atoms with Gasteiger partial charge in [0, 0.05) is 11.8 Å². The summed E-state index contributed by atoms with van der Waals surface area (Å²) in [5.74, 6) is 1.43. The average Bonchev–Trinajstić information content (AvgIpc) is 2.69. The SMILES string of the molecule is C[C@@]1(O)CC[C@@H]2[C@H]3CCC4=CC(=O)CCC4=C3C=C[C@]21C. The van der Waals surface area contributed by atoms with Crippen molar-refractivity contribution in [3.8, 4) is 0 Å². The van der Waals surface area contributed by atoms with Gasteiger partial charge in [-0.25, -0.2) is 0 Å². The highest BCUT2D eigenvalue weighted by atomic mass is 16.3. The Morgan fingerprint density at radius 1 is 1.19 bits per heavy atom.